The minimum absolute atomic E-state index is 0.0579. The molecular weight excluding hydrogens is 214 g/mol. The number of hydrogen-bond acceptors (Lipinski definition) is 1. The second kappa shape index (κ2) is 5.85. The first-order valence-corrected chi connectivity index (χ1v) is 4.74. The third kappa shape index (κ3) is 3.68. The molecule has 0 spiro atoms. The third-order valence-corrected chi connectivity index (χ3v) is 1.81. The van der Waals surface area contributed by atoms with Crippen molar-refractivity contribution in [2.24, 2.45) is 0 Å². The van der Waals surface area contributed by atoms with Crippen LogP contribution in [0.3, 0.4) is 0 Å². The van der Waals surface area contributed by atoms with E-state index in [4.69, 9.17) is 0 Å². The number of amides is 2. The first-order chi connectivity index (χ1) is 7.63. The monoisotopic (exact) mass is 226 g/mol. The highest BCUT2D eigenvalue weighted by molar-refractivity contribution is 5.89. The van der Waals surface area contributed by atoms with Crippen LogP contribution in [0.1, 0.15) is 6.42 Å². The van der Waals surface area contributed by atoms with Gasteiger partial charge in [0.25, 0.3) is 0 Å². The molecule has 0 heterocycles. The Morgan fingerprint density at radius 1 is 1.44 bits per heavy atom. The molecule has 16 heavy (non-hydrogen) atoms. The molecule has 0 aliphatic carbocycles. The Bertz CT molecular complexity index is 394. The molecule has 0 fully saturated rings. The van der Waals surface area contributed by atoms with Gasteiger partial charge in [0.2, 0.25) is 0 Å². The molecule has 0 saturated carbocycles. The van der Waals surface area contributed by atoms with Gasteiger partial charge in [0.05, 0.1) is 5.69 Å². The van der Waals surface area contributed by atoms with E-state index < -0.39 is 17.7 Å². The van der Waals surface area contributed by atoms with E-state index in [9.17, 15) is 13.6 Å². The Balaban J connectivity index is 2.52. The molecule has 1 aromatic carbocycles. The van der Waals surface area contributed by atoms with Crippen molar-refractivity contribution < 1.29 is 13.6 Å². The Kier molecular flexibility index (Phi) is 4.44. The van der Waals surface area contributed by atoms with Crippen LogP contribution in [0.25, 0.3) is 0 Å². The van der Waals surface area contributed by atoms with Crippen LogP contribution in [0.15, 0.2) is 30.9 Å². The van der Waals surface area contributed by atoms with Gasteiger partial charge in [0, 0.05) is 12.6 Å². The largest absolute Gasteiger partial charge is 0.338 e. The molecule has 5 heteroatoms. The Hall–Kier alpha value is -1.91. The van der Waals surface area contributed by atoms with Crippen molar-refractivity contribution in [3.8, 4) is 0 Å². The normalized spacial score (nSPS) is 9.62. The van der Waals surface area contributed by atoms with Gasteiger partial charge in [-0.2, -0.15) is 0 Å². The zero-order chi connectivity index (χ0) is 12.0. The average molecular weight is 226 g/mol. The second-order valence-electron chi connectivity index (χ2n) is 3.08. The van der Waals surface area contributed by atoms with E-state index in [1.165, 1.54) is 0 Å². The van der Waals surface area contributed by atoms with Gasteiger partial charge in [-0.3, -0.25) is 0 Å². The Labute approximate surface area is 92.2 Å². The topological polar surface area (TPSA) is 41.1 Å². The number of hydrogen-bond donors (Lipinski definition) is 2. The summed E-state index contributed by atoms with van der Waals surface area (Å²) in [5, 5.41) is 4.76. The minimum Gasteiger partial charge on any atom is -0.338 e. The third-order valence-electron chi connectivity index (χ3n) is 1.81. The number of carbonyl (C=O) groups excluding carboxylic acids is 1. The standard InChI is InChI=1S/C11H12F2N2O/c1-2-3-6-14-11(16)15-10-5-4-8(12)7-9(10)13/h2,4-5,7H,1,3,6H2,(H2,14,15,16). The number of rotatable bonds is 4. The fourth-order valence-corrected chi connectivity index (χ4v) is 1.05. The van der Waals surface area contributed by atoms with Gasteiger partial charge in [-0.15, -0.1) is 6.58 Å². The lowest BCUT2D eigenvalue weighted by Gasteiger charge is -2.07. The number of carbonyl (C=O) groups is 1. The van der Waals surface area contributed by atoms with Crippen molar-refractivity contribution in [2.45, 2.75) is 6.42 Å². The van der Waals surface area contributed by atoms with Crippen molar-refractivity contribution in [3.05, 3.63) is 42.5 Å². The van der Waals surface area contributed by atoms with Crippen molar-refractivity contribution in [3.63, 3.8) is 0 Å². The predicted molar refractivity (Wildman–Crippen MR) is 58.2 cm³/mol. The molecule has 1 aromatic rings. The van der Waals surface area contributed by atoms with E-state index in [1.807, 2.05) is 0 Å². The van der Waals surface area contributed by atoms with Crippen LogP contribution in [0.2, 0.25) is 0 Å². The van der Waals surface area contributed by atoms with Crippen LogP contribution in [0.5, 0.6) is 0 Å². The van der Waals surface area contributed by atoms with E-state index in [1.54, 1.807) is 6.08 Å². The van der Waals surface area contributed by atoms with Crippen LogP contribution in [-0.2, 0) is 0 Å². The molecule has 0 bridgehead atoms. The SMILES string of the molecule is C=CCCNC(=O)Nc1ccc(F)cc1F. The van der Waals surface area contributed by atoms with Crippen LogP contribution < -0.4 is 10.6 Å². The number of anilines is 1. The van der Waals surface area contributed by atoms with Gasteiger partial charge in [0.15, 0.2) is 0 Å². The summed E-state index contributed by atoms with van der Waals surface area (Å²) >= 11 is 0. The maximum Gasteiger partial charge on any atom is 0.319 e. The van der Waals surface area contributed by atoms with E-state index in [-0.39, 0.29) is 5.69 Å². The fraction of sp³-hybridized carbons (Fsp3) is 0.182. The molecular formula is C11H12F2N2O. The maximum absolute atomic E-state index is 13.1. The van der Waals surface area contributed by atoms with Gasteiger partial charge in [0.1, 0.15) is 11.6 Å². The van der Waals surface area contributed by atoms with Gasteiger partial charge in [-0.1, -0.05) is 6.08 Å². The Morgan fingerprint density at radius 2 is 2.19 bits per heavy atom. The number of benzene rings is 1. The summed E-state index contributed by atoms with van der Waals surface area (Å²) in [5.41, 5.74) is -0.0579. The van der Waals surface area contributed by atoms with E-state index >= 15 is 0 Å². The van der Waals surface area contributed by atoms with Crippen molar-refractivity contribution in [2.75, 3.05) is 11.9 Å². The molecule has 0 atom stereocenters. The van der Waals surface area contributed by atoms with Crippen LogP contribution in [0.4, 0.5) is 19.3 Å². The van der Waals surface area contributed by atoms with Crippen LogP contribution in [-0.4, -0.2) is 12.6 Å². The van der Waals surface area contributed by atoms with Gasteiger partial charge in [-0.25, -0.2) is 13.6 Å². The summed E-state index contributed by atoms with van der Waals surface area (Å²) < 4.78 is 25.7. The molecule has 0 aliphatic rings. The quantitative estimate of drug-likeness (QED) is 0.601. The second-order valence-corrected chi connectivity index (χ2v) is 3.08. The molecule has 2 N–H and O–H groups in total. The van der Waals surface area contributed by atoms with Crippen molar-refractivity contribution in [1.82, 2.24) is 5.32 Å². The molecule has 0 aliphatic heterocycles. The summed E-state index contributed by atoms with van der Waals surface area (Å²) in [6, 6.07) is 2.41. The van der Waals surface area contributed by atoms with E-state index in [0.29, 0.717) is 19.0 Å². The summed E-state index contributed by atoms with van der Waals surface area (Å²) in [4.78, 5) is 11.2. The lowest BCUT2D eigenvalue weighted by molar-refractivity contribution is 0.252. The van der Waals surface area contributed by atoms with E-state index in [0.717, 1.165) is 12.1 Å². The first kappa shape index (κ1) is 12.2. The average Bonchev–Trinajstić information content (AvgIpc) is 2.23. The Morgan fingerprint density at radius 3 is 2.81 bits per heavy atom. The lowest BCUT2D eigenvalue weighted by Crippen LogP contribution is -2.29. The molecule has 0 unspecified atom stereocenters. The zero-order valence-electron chi connectivity index (χ0n) is 8.59. The van der Waals surface area contributed by atoms with Gasteiger partial charge >= 0.3 is 6.03 Å². The smallest absolute Gasteiger partial charge is 0.319 e. The summed E-state index contributed by atoms with van der Waals surface area (Å²) in [6.45, 7) is 3.91. The lowest BCUT2D eigenvalue weighted by atomic mass is 10.3. The molecule has 0 aromatic heterocycles. The molecule has 1 rings (SSSR count). The van der Waals surface area contributed by atoms with Crippen molar-refractivity contribution >= 4 is 11.7 Å². The zero-order valence-corrected chi connectivity index (χ0v) is 8.59. The molecule has 3 nitrogen and oxygen atoms in total. The predicted octanol–water partition coefficient (Wildman–Crippen LogP) is 2.66. The first-order valence-electron chi connectivity index (χ1n) is 4.74. The van der Waals surface area contributed by atoms with Gasteiger partial charge in [-0.05, 0) is 18.6 Å². The highest BCUT2D eigenvalue weighted by Crippen LogP contribution is 2.14. The highest BCUT2D eigenvalue weighted by atomic mass is 19.1. The molecule has 0 saturated heterocycles. The molecule has 2 amide bonds. The van der Waals surface area contributed by atoms with E-state index in [2.05, 4.69) is 17.2 Å². The molecule has 86 valence electrons. The molecule has 0 radical (unpaired) electrons. The maximum atomic E-state index is 13.1. The minimum atomic E-state index is -0.807. The van der Waals surface area contributed by atoms with Crippen LogP contribution >= 0.6 is 0 Å². The number of halogens is 2. The van der Waals surface area contributed by atoms with Crippen molar-refractivity contribution in [1.29, 1.82) is 0 Å². The highest BCUT2D eigenvalue weighted by Gasteiger charge is 2.06. The number of urea groups is 1. The summed E-state index contributed by atoms with van der Waals surface area (Å²) in [7, 11) is 0. The number of nitrogens with one attached hydrogen (secondary N) is 2. The fourth-order valence-electron chi connectivity index (χ4n) is 1.05. The summed E-state index contributed by atoms with van der Waals surface area (Å²) in [6.07, 6.45) is 2.28. The van der Waals surface area contributed by atoms with Gasteiger partial charge < -0.3 is 10.6 Å². The van der Waals surface area contributed by atoms with Crippen LogP contribution in [0, 0.1) is 11.6 Å². The summed E-state index contributed by atoms with van der Waals surface area (Å²) in [5.74, 6) is -1.49.